The number of allylic oxidation sites excluding steroid dienone is 1. The Hall–Kier alpha value is -1.85. The standard InChI is InChI=1S/C27H34NO2S/c1-27(2,30-22-19-28-17-20-29-21-18-28)23-13-15-26(16-14-23)31(24-9-5-3-6-10-24)25-11-7-4-8-12-25/h3-15,26H,16-22H2,1-2H3/q+1. The SMILES string of the molecule is CC(C)(OCCN1CCOCC1)C1=CCC([S+](c2ccccc2)c2ccccc2)C=C1. The van der Waals surface area contributed by atoms with Gasteiger partial charge in [-0.3, -0.25) is 4.90 Å². The fourth-order valence-electron chi connectivity index (χ4n) is 4.18. The Bertz CT molecular complexity index is 833. The van der Waals surface area contributed by atoms with Gasteiger partial charge in [-0.15, -0.1) is 0 Å². The van der Waals surface area contributed by atoms with Gasteiger partial charge in [0.1, 0.15) is 0 Å². The van der Waals surface area contributed by atoms with Gasteiger partial charge in [0.2, 0.25) is 0 Å². The van der Waals surface area contributed by atoms with E-state index in [1.807, 2.05) is 0 Å². The van der Waals surface area contributed by atoms with Gasteiger partial charge < -0.3 is 9.47 Å². The lowest BCUT2D eigenvalue weighted by molar-refractivity contribution is -0.0184. The summed E-state index contributed by atoms with van der Waals surface area (Å²) in [7, 11) is 0.0211. The van der Waals surface area contributed by atoms with Gasteiger partial charge >= 0.3 is 0 Å². The van der Waals surface area contributed by atoms with Crippen molar-refractivity contribution in [2.45, 2.75) is 40.9 Å². The highest BCUT2D eigenvalue weighted by atomic mass is 32.2. The maximum absolute atomic E-state index is 6.34. The zero-order valence-corrected chi connectivity index (χ0v) is 19.5. The molecule has 4 heteroatoms. The van der Waals surface area contributed by atoms with E-state index in [2.05, 4.69) is 97.6 Å². The Balaban J connectivity index is 1.41. The van der Waals surface area contributed by atoms with E-state index in [9.17, 15) is 0 Å². The fourth-order valence-corrected chi connectivity index (χ4v) is 6.58. The summed E-state index contributed by atoms with van der Waals surface area (Å²) in [5, 5.41) is 0.470. The van der Waals surface area contributed by atoms with Crippen molar-refractivity contribution >= 4 is 10.9 Å². The van der Waals surface area contributed by atoms with Crippen LogP contribution in [0.2, 0.25) is 0 Å². The molecular formula is C27H34NO2S+. The lowest BCUT2D eigenvalue weighted by Gasteiger charge is -2.32. The average Bonchev–Trinajstić information content (AvgIpc) is 2.82. The Kier molecular flexibility index (Phi) is 7.67. The van der Waals surface area contributed by atoms with E-state index in [0.717, 1.165) is 45.9 Å². The summed E-state index contributed by atoms with van der Waals surface area (Å²) < 4.78 is 11.8. The third-order valence-corrected chi connectivity index (χ3v) is 8.54. The lowest BCUT2D eigenvalue weighted by Crippen LogP contribution is -2.40. The smallest absolute Gasteiger partial charge is 0.161 e. The van der Waals surface area contributed by atoms with E-state index in [4.69, 9.17) is 9.47 Å². The van der Waals surface area contributed by atoms with Crippen LogP contribution in [0.5, 0.6) is 0 Å². The molecule has 1 unspecified atom stereocenters. The van der Waals surface area contributed by atoms with Gasteiger partial charge in [-0.2, -0.15) is 0 Å². The molecule has 0 radical (unpaired) electrons. The summed E-state index contributed by atoms with van der Waals surface area (Å²) in [5.74, 6) is 0. The van der Waals surface area contributed by atoms with Crippen molar-refractivity contribution < 1.29 is 9.47 Å². The van der Waals surface area contributed by atoms with Crippen LogP contribution in [0.1, 0.15) is 20.3 Å². The second-order valence-corrected chi connectivity index (χ2v) is 10.8. The quantitative estimate of drug-likeness (QED) is 0.537. The van der Waals surface area contributed by atoms with Crippen molar-refractivity contribution in [3.63, 3.8) is 0 Å². The number of hydrogen-bond donors (Lipinski definition) is 0. The first-order valence-corrected chi connectivity index (χ1v) is 12.6. The van der Waals surface area contributed by atoms with E-state index < -0.39 is 0 Å². The number of rotatable bonds is 8. The second kappa shape index (κ2) is 10.6. The number of hydrogen-bond acceptors (Lipinski definition) is 3. The second-order valence-electron chi connectivity index (χ2n) is 8.57. The van der Waals surface area contributed by atoms with Crippen molar-refractivity contribution in [2.24, 2.45) is 0 Å². The van der Waals surface area contributed by atoms with Crippen LogP contribution in [0.15, 0.2) is 94.3 Å². The molecule has 1 heterocycles. The zero-order valence-electron chi connectivity index (χ0n) is 18.7. The number of nitrogens with zero attached hydrogens (tertiary/aromatic N) is 1. The third kappa shape index (κ3) is 5.89. The summed E-state index contributed by atoms with van der Waals surface area (Å²) in [6.07, 6.45) is 8.14. The molecule has 4 rings (SSSR count). The molecule has 31 heavy (non-hydrogen) atoms. The van der Waals surface area contributed by atoms with E-state index in [0.29, 0.717) is 5.25 Å². The molecule has 2 aromatic rings. The minimum atomic E-state index is -0.272. The highest BCUT2D eigenvalue weighted by Crippen LogP contribution is 2.34. The van der Waals surface area contributed by atoms with E-state index in [1.54, 1.807) is 0 Å². The van der Waals surface area contributed by atoms with Crippen molar-refractivity contribution in [2.75, 3.05) is 39.5 Å². The zero-order chi connectivity index (χ0) is 21.5. The molecule has 0 N–H and O–H groups in total. The van der Waals surface area contributed by atoms with Crippen LogP contribution in [-0.2, 0) is 20.4 Å². The predicted molar refractivity (Wildman–Crippen MR) is 130 cm³/mol. The minimum Gasteiger partial charge on any atom is -0.379 e. The molecule has 1 fully saturated rings. The summed E-state index contributed by atoms with van der Waals surface area (Å²) >= 11 is 0. The fraction of sp³-hybridized carbons (Fsp3) is 0.407. The molecule has 1 saturated heterocycles. The van der Waals surface area contributed by atoms with Gasteiger partial charge in [0.25, 0.3) is 0 Å². The third-order valence-electron chi connectivity index (χ3n) is 6.03. The van der Waals surface area contributed by atoms with E-state index >= 15 is 0 Å². The first-order chi connectivity index (χ1) is 15.1. The van der Waals surface area contributed by atoms with Crippen LogP contribution >= 0.6 is 0 Å². The van der Waals surface area contributed by atoms with E-state index in [-0.39, 0.29) is 16.5 Å². The molecule has 2 aromatic carbocycles. The molecule has 164 valence electrons. The summed E-state index contributed by atoms with van der Waals surface area (Å²) in [6, 6.07) is 21.9. The maximum atomic E-state index is 6.34. The average molecular weight is 437 g/mol. The molecule has 0 spiro atoms. The van der Waals surface area contributed by atoms with Crippen molar-refractivity contribution in [3.05, 3.63) is 84.5 Å². The molecule has 1 atom stereocenters. The van der Waals surface area contributed by atoms with Gasteiger partial charge in [0.15, 0.2) is 15.0 Å². The normalized spacial score (nSPS) is 20.1. The van der Waals surface area contributed by atoms with Crippen LogP contribution in [0, 0.1) is 0 Å². The van der Waals surface area contributed by atoms with Crippen molar-refractivity contribution in [1.29, 1.82) is 0 Å². The summed E-state index contributed by atoms with van der Waals surface area (Å²) in [5.41, 5.74) is 1.02. The number of ether oxygens (including phenoxy) is 2. The molecule has 0 amide bonds. The maximum Gasteiger partial charge on any atom is 0.161 e. The molecule has 3 nitrogen and oxygen atoms in total. The van der Waals surface area contributed by atoms with Gasteiger partial charge in [0, 0.05) is 26.1 Å². The first kappa shape index (κ1) is 22.3. The Morgan fingerprint density at radius 3 is 2.13 bits per heavy atom. The number of morpholine rings is 1. The predicted octanol–water partition coefficient (Wildman–Crippen LogP) is 5.11. The van der Waals surface area contributed by atoms with Gasteiger partial charge in [-0.25, -0.2) is 0 Å². The highest BCUT2D eigenvalue weighted by Gasteiger charge is 2.35. The molecular weight excluding hydrogens is 402 g/mol. The first-order valence-electron chi connectivity index (χ1n) is 11.3. The summed E-state index contributed by atoms with van der Waals surface area (Å²) in [6.45, 7) is 9.80. The van der Waals surface area contributed by atoms with Gasteiger partial charge in [-0.1, -0.05) is 48.6 Å². The molecule has 2 aliphatic rings. The molecule has 0 aromatic heterocycles. The van der Waals surface area contributed by atoms with Crippen LogP contribution in [-0.4, -0.2) is 55.2 Å². The molecule has 1 aliphatic carbocycles. The van der Waals surface area contributed by atoms with Crippen molar-refractivity contribution in [3.8, 4) is 0 Å². The molecule has 0 bridgehead atoms. The minimum absolute atomic E-state index is 0.0211. The molecule has 0 saturated carbocycles. The summed E-state index contributed by atoms with van der Waals surface area (Å²) in [4.78, 5) is 5.23. The van der Waals surface area contributed by atoms with Crippen LogP contribution < -0.4 is 0 Å². The molecule has 1 aliphatic heterocycles. The van der Waals surface area contributed by atoms with Crippen LogP contribution in [0.4, 0.5) is 0 Å². The van der Waals surface area contributed by atoms with Crippen LogP contribution in [0.25, 0.3) is 0 Å². The Labute approximate surface area is 190 Å². The lowest BCUT2D eigenvalue weighted by atomic mass is 9.92. The van der Waals surface area contributed by atoms with Crippen LogP contribution in [0.3, 0.4) is 0 Å². The largest absolute Gasteiger partial charge is 0.379 e. The highest BCUT2D eigenvalue weighted by molar-refractivity contribution is 7.97. The van der Waals surface area contributed by atoms with Gasteiger partial charge in [-0.05, 0) is 49.8 Å². The Morgan fingerprint density at radius 1 is 0.968 bits per heavy atom. The topological polar surface area (TPSA) is 21.7 Å². The van der Waals surface area contributed by atoms with Crippen molar-refractivity contribution in [1.82, 2.24) is 4.90 Å². The van der Waals surface area contributed by atoms with E-state index in [1.165, 1.54) is 15.4 Å². The monoisotopic (exact) mass is 436 g/mol. The Morgan fingerprint density at radius 2 is 1.58 bits per heavy atom. The number of benzene rings is 2. The van der Waals surface area contributed by atoms with Gasteiger partial charge in [0.05, 0.1) is 36.3 Å².